The normalized spacial score (nSPS) is 22.3. The summed E-state index contributed by atoms with van der Waals surface area (Å²) in [6, 6.07) is 0.604. The number of rotatable bonds is 6. The molecule has 1 heterocycles. The summed E-state index contributed by atoms with van der Waals surface area (Å²) in [5.74, 6) is 0. The van der Waals surface area contributed by atoms with Crippen molar-refractivity contribution in [2.75, 3.05) is 26.2 Å². The van der Waals surface area contributed by atoms with E-state index in [0.29, 0.717) is 11.5 Å². The van der Waals surface area contributed by atoms with Crippen LogP contribution in [0.1, 0.15) is 53.4 Å². The van der Waals surface area contributed by atoms with Crippen molar-refractivity contribution in [1.29, 1.82) is 0 Å². The zero-order valence-corrected chi connectivity index (χ0v) is 11.7. The van der Waals surface area contributed by atoms with Crippen LogP contribution in [0.3, 0.4) is 0 Å². The van der Waals surface area contributed by atoms with Gasteiger partial charge in [-0.3, -0.25) is 0 Å². The Labute approximate surface area is 102 Å². The number of nitrogens with zero attached hydrogens (tertiary/aromatic N) is 1. The summed E-state index contributed by atoms with van der Waals surface area (Å²) in [6.45, 7) is 14.3. The molecule has 1 unspecified atom stereocenters. The highest BCUT2D eigenvalue weighted by Gasteiger charge is 2.25. The largest absolute Gasteiger partial charge is 0.314 e. The Bertz CT molecular complexity index is 185. The second-order valence-electron chi connectivity index (χ2n) is 6.04. The van der Waals surface area contributed by atoms with E-state index >= 15 is 0 Å². The fraction of sp³-hybridized carbons (Fsp3) is 1.00. The first-order valence-corrected chi connectivity index (χ1v) is 7.01. The maximum atomic E-state index is 3.60. The minimum Gasteiger partial charge on any atom is -0.314 e. The molecule has 96 valence electrons. The molecule has 1 aliphatic heterocycles. The summed E-state index contributed by atoms with van der Waals surface area (Å²) < 4.78 is 0. The quantitative estimate of drug-likeness (QED) is 0.749. The first kappa shape index (κ1) is 14.0. The average Bonchev–Trinajstić information content (AvgIpc) is 2.28. The molecule has 0 aliphatic carbocycles. The van der Waals surface area contributed by atoms with E-state index in [2.05, 4.69) is 37.9 Å². The standard InChI is InChI=1S/C14H30N2/c1-5-14(4,11-15-13(2)3)12-16-9-7-6-8-10-16/h13,15H,5-12H2,1-4H3. The van der Waals surface area contributed by atoms with Crippen molar-refractivity contribution < 1.29 is 0 Å². The highest BCUT2D eigenvalue weighted by molar-refractivity contribution is 4.81. The van der Waals surface area contributed by atoms with Crippen molar-refractivity contribution >= 4 is 0 Å². The van der Waals surface area contributed by atoms with Gasteiger partial charge in [0, 0.05) is 19.1 Å². The van der Waals surface area contributed by atoms with Gasteiger partial charge in [0.05, 0.1) is 0 Å². The Hall–Kier alpha value is -0.0800. The van der Waals surface area contributed by atoms with Crippen LogP contribution in [0.2, 0.25) is 0 Å². The molecule has 0 aromatic carbocycles. The van der Waals surface area contributed by atoms with Crippen molar-refractivity contribution in [3.63, 3.8) is 0 Å². The number of hydrogen-bond acceptors (Lipinski definition) is 2. The van der Waals surface area contributed by atoms with Gasteiger partial charge in [0.1, 0.15) is 0 Å². The molecule has 0 radical (unpaired) electrons. The minimum absolute atomic E-state index is 0.446. The molecule has 0 bridgehead atoms. The summed E-state index contributed by atoms with van der Waals surface area (Å²) >= 11 is 0. The van der Waals surface area contributed by atoms with Crippen LogP contribution in [0.4, 0.5) is 0 Å². The molecule has 1 N–H and O–H groups in total. The van der Waals surface area contributed by atoms with Crippen molar-refractivity contribution in [3.8, 4) is 0 Å². The Morgan fingerprint density at radius 1 is 1.19 bits per heavy atom. The Kier molecular flexibility index (Phi) is 5.77. The highest BCUT2D eigenvalue weighted by Crippen LogP contribution is 2.23. The van der Waals surface area contributed by atoms with E-state index in [-0.39, 0.29) is 0 Å². The molecule has 0 amide bonds. The molecule has 1 saturated heterocycles. The van der Waals surface area contributed by atoms with Gasteiger partial charge in [-0.1, -0.05) is 34.1 Å². The lowest BCUT2D eigenvalue weighted by atomic mass is 9.86. The lowest BCUT2D eigenvalue weighted by Gasteiger charge is -2.37. The van der Waals surface area contributed by atoms with Gasteiger partial charge < -0.3 is 10.2 Å². The predicted molar refractivity (Wildman–Crippen MR) is 71.8 cm³/mol. The Morgan fingerprint density at radius 3 is 2.31 bits per heavy atom. The van der Waals surface area contributed by atoms with Crippen LogP contribution in [-0.4, -0.2) is 37.1 Å². The topological polar surface area (TPSA) is 15.3 Å². The van der Waals surface area contributed by atoms with E-state index in [9.17, 15) is 0 Å². The van der Waals surface area contributed by atoms with Gasteiger partial charge in [-0.05, 0) is 37.8 Å². The van der Waals surface area contributed by atoms with E-state index < -0.39 is 0 Å². The monoisotopic (exact) mass is 226 g/mol. The fourth-order valence-electron chi connectivity index (χ4n) is 2.40. The van der Waals surface area contributed by atoms with Gasteiger partial charge in [0.25, 0.3) is 0 Å². The van der Waals surface area contributed by atoms with Crippen LogP contribution in [0, 0.1) is 5.41 Å². The maximum absolute atomic E-state index is 3.60. The third-order valence-corrected chi connectivity index (χ3v) is 3.84. The van der Waals surface area contributed by atoms with E-state index in [0.717, 1.165) is 6.54 Å². The third kappa shape index (κ3) is 4.84. The van der Waals surface area contributed by atoms with Gasteiger partial charge in [-0.25, -0.2) is 0 Å². The minimum atomic E-state index is 0.446. The molecule has 1 atom stereocenters. The average molecular weight is 226 g/mol. The van der Waals surface area contributed by atoms with E-state index in [1.807, 2.05) is 0 Å². The van der Waals surface area contributed by atoms with Gasteiger partial charge >= 0.3 is 0 Å². The summed E-state index contributed by atoms with van der Waals surface area (Å²) in [5, 5.41) is 3.60. The Balaban J connectivity index is 2.38. The molecular formula is C14H30N2. The molecule has 2 heteroatoms. The summed E-state index contributed by atoms with van der Waals surface area (Å²) in [5.41, 5.74) is 0.446. The third-order valence-electron chi connectivity index (χ3n) is 3.84. The van der Waals surface area contributed by atoms with E-state index in [1.165, 1.54) is 45.3 Å². The highest BCUT2D eigenvalue weighted by atomic mass is 15.1. The zero-order valence-electron chi connectivity index (χ0n) is 11.7. The van der Waals surface area contributed by atoms with Crippen LogP contribution < -0.4 is 5.32 Å². The van der Waals surface area contributed by atoms with Crippen molar-refractivity contribution in [3.05, 3.63) is 0 Å². The van der Waals surface area contributed by atoms with Crippen molar-refractivity contribution in [1.82, 2.24) is 10.2 Å². The molecule has 16 heavy (non-hydrogen) atoms. The van der Waals surface area contributed by atoms with Crippen LogP contribution in [0.25, 0.3) is 0 Å². The molecule has 0 spiro atoms. The number of hydrogen-bond donors (Lipinski definition) is 1. The van der Waals surface area contributed by atoms with Crippen LogP contribution in [-0.2, 0) is 0 Å². The molecule has 1 rings (SSSR count). The molecule has 2 nitrogen and oxygen atoms in total. The second-order valence-corrected chi connectivity index (χ2v) is 6.04. The summed E-state index contributed by atoms with van der Waals surface area (Å²) in [4.78, 5) is 2.66. The van der Waals surface area contributed by atoms with Crippen molar-refractivity contribution in [2.24, 2.45) is 5.41 Å². The first-order valence-electron chi connectivity index (χ1n) is 7.01. The van der Waals surface area contributed by atoms with Crippen LogP contribution >= 0.6 is 0 Å². The lowest BCUT2D eigenvalue weighted by Crippen LogP contribution is -2.45. The number of nitrogens with one attached hydrogen (secondary N) is 1. The molecule has 1 fully saturated rings. The van der Waals surface area contributed by atoms with Gasteiger partial charge in [-0.15, -0.1) is 0 Å². The Morgan fingerprint density at radius 2 is 1.81 bits per heavy atom. The predicted octanol–water partition coefficient (Wildman–Crippen LogP) is 2.89. The van der Waals surface area contributed by atoms with E-state index in [4.69, 9.17) is 0 Å². The molecule has 0 aromatic heterocycles. The maximum Gasteiger partial charge on any atom is 0.00474 e. The summed E-state index contributed by atoms with van der Waals surface area (Å²) in [6.07, 6.45) is 5.50. The molecular weight excluding hydrogens is 196 g/mol. The number of piperidine rings is 1. The van der Waals surface area contributed by atoms with Crippen molar-refractivity contribution in [2.45, 2.75) is 59.4 Å². The first-order chi connectivity index (χ1) is 7.56. The van der Waals surface area contributed by atoms with Crippen LogP contribution in [0.5, 0.6) is 0 Å². The molecule has 1 aliphatic rings. The molecule has 0 saturated carbocycles. The zero-order chi connectivity index (χ0) is 12.0. The van der Waals surface area contributed by atoms with Gasteiger partial charge in [0.2, 0.25) is 0 Å². The lowest BCUT2D eigenvalue weighted by molar-refractivity contribution is 0.133. The number of likely N-dealkylation sites (tertiary alicyclic amines) is 1. The molecule has 0 aromatic rings. The fourth-order valence-corrected chi connectivity index (χ4v) is 2.40. The van der Waals surface area contributed by atoms with Crippen LogP contribution in [0.15, 0.2) is 0 Å². The summed E-state index contributed by atoms with van der Waals surface area (Å²) in [7, 11) is 0. The van der Waals surface area contributed by atoms with Gasteiger partial charge in [-0.2, -0.15) is 0 Å². The SMILES string of the molecule is CCC(C)(CNC(C)C)CN1CCCCC1. The second kappa shape index (κ2) is 6.61. The smallest absolute Gasteiger partial charge is 0.00474 e. The van der Waals surface area contributed by atoms with E-state index in [1.54, 1.807) is 0 Å². The van der Waals surface area contributed by atoms with Gasteiger partial charge in [0.15, 0.2) is 0 Å².